The molecule has 0 saturated heterocycles. The Labute approximate surface area is 141 Å². The SMILES string of the molecule is CCOC(=O)c1cc(C)n(CC(=O)NCCc2ccccn2)c1C. The third kappa shape index (κ3) is 4.44. The predicted molar refractivity (Wildman–Crippen MR) is 90.8 cm³/mol. The number of hydrogen-bond donors (Lipinski definition) is 1. The Morgan fingerprint density at radius 1 is 1.29 bits per heavy atom. The van der Waals surface area contributed by atoms with Gasteiger partial charge in [0.1, 0.15) is 6.54 Å². The first kappa shape index (κ1) is 17.7. The number of hydrogen-bond acceptors (Lipinski definition) is 4. The van der Waals surface area contributed by atoms with Crippen LogP contribution in [-0.2, 0) is 22.5 Å². The molecule has 0 aliphatic heterocycles. The Kier molecular flexibility index (Phi) is 6.12. The first-order valence-corrected chi connectivity index (χ1v) is 8.03. The van der Waals surface area contributed by atoms with Crippen molar-refractivity contribution in [3.8, 4) is 0 Å². The molecular formula is C18H23N3O3. The van der Waals surface area contributed by atoms with Crippen LogP contribution in [0.15, 0.2) is 30.5 Å². The van der Waals surface area contributed by atoms with E-state index < -0.39 is 0 Å². The van der Waals surface area contributed by atoms with Crippen molar-refractivity contribution in [1.29, 1.82) is 0 Å². The molecule has 1 amide bonds. The maximum atomic E-state index is 12.1. The molecule has 0 radical (unpaired) electrons. The van der Waals surface area contributed by atoms with Gasteiger partial charge in [0.25, 0.3) is 0 Å². The van der Waals surface area contributed by atoms with Crippen LogP contribution in [0.25, 0.3) is 0 Å². The number of nitrogens with zero attached hydrogens (tertiary/aromatic N) is 2. The van der Waals surface area contributed by atoms with Gasteiger partial charge in [-0.1, -0.05) is 6.07 Å². The maximum Gasteiger partial charge on any atom is 0.339 e. The molecule has 0 aliphatic rings. The number of nitrogens with one attached hydrogen (secondary N) is 1. The standard InChI is InChI=1S/C18H23N3O3/c1-4-24-18(23)16-11-13(2)21(14(16)3)12-17(22)20-10-8-15-7-5-6-9-19-15/h5-7,9,11H,4,8,10,12H2,1-3H3,(H,20,22). The van der Waals surface area contributed by atoms with Gasteiger partial charge in [-0.25, -0.2) is 4.79 Å². The highest BCUT2D eigenvalue weighted by molar-refractivity contribution is 5.91. The lowest BCUT2D eigenvalue weighted by Crippen LogP contribution is -2.30. The van der Waals surface area contributed by atoms with Gasteiger partial charge in [-0.05, 0) is 39.0 Å². The summed E-state index contributed by atoms with van der Waals surface area (Å²) in [5.41, 5.74) is 3.05. The Balaban J connectivity index is 1.93. The summed E-state index contributed by atoms with van der Waals surface area (Å²) in [7, 11) is 0. The fourth-order valence-corrected chi connectivity index (χ4v) is 2.54. The van der Waals surface area contributed by atoms with Crippen LogP contribution in [0.5, 0.6) is 0 Å². The molecule has 0 saturated carbocycles. The molecule has 2 aromatic rings. The molecule has 2 heterocycles. The Morgan fingerprint density at radius 3 is 2.75 bits per heavy atom. The summed E-state index contributed by atoms with van der Waals surface area (Å²) < 4.78 is 6.86. The van der Waals surface area contributed by atoms with Crippen LogP contribution in [0.2, 0.25) is 0 Å². The minimum Gasteiger partial charge on any atom is -0.462 e. The molecule has 0 fully saturated rings. The fourth-order valence-electron chi connectivity index (χ4n) is 2.54. The van der Waals surface area contributed by atoms with Crippen molar-refractivity contribution in [2.45, 2.75) is 33.7 Å². The number of amides is 1. The lowest BCUT2D eigenvalue weighted by Gasteiger charge is -2.10. The Hall–Kier alpha value is -2.63. The van der Waals surface area contributed by atoms with Crippen LogP contribution in [0.1, 0.15) is 34.4 Å². The van der Waals surface area contributed by atoms with E-state index >= 15 is 0 Å². The molecule has 1 N–H and O–H groups in total. The zero-order valence-corrected chi connectivity index (χ0v) is 14.3. The highest BCUT2D eigenvalue weighted by Gasteiger charge is 2.17. The molecule has 2 aromatic heterocycles. The molecule has 0 unspecified atom stereocenters. The summed E-state index contributed by atoms with van der Waals surface area (Å²) >= 11 is 0. The fraction of sp³-hybridized carbons (Fsp3) is 0.389. The summed E-state index contributed by atoms with van der Waals surface area (Å²) in [6.45, 7) is 6.50. The van der Waals surface area contributed by atoms with Crippen LogP contribution >= 0.6 is 0 Å². The van der Waals surface area contributed by atoms with Crippen molar-refractivity contribution in [3.63, 3.8) is 0 Å². The van der Waals surface area contributed by atoms with Crippen LogP contribution in [-0.4, -0.2) is 34.6 Å². The number of aryl methyl sites for hydroxylation is 1. The van der Waals surface area contributed by atoms with Gasteiger partial charge in [0.05, 0.1) is 12.2 Å². The van der Waals surface area contributed by atoms with Gasteiger partial charge in [-0.3, -0.25) is 9.78 Å². The summed E-state index contributed by atoms with van der Waals surface area (Å²) in [6, 6.07) is 7.47. The quantitative estimate of drug-likeness (QED) is 0.789. The Morgan fingerprint density at radius 2 is 2.08 bits per heavy atom. The van der Waals surface area contributed by atoms with Crippen molar-refractivity contribution >= 4 is 11.9 Å². The topological polar surface area (TPSA) is 73.2 Å². The van der Waals surface area contributed by atoms with Crippen molar-refractivity contribution in [3.05, 3.63) is 53.1 Å². The minimum atomic E-state index is -0.354. The molecule has 0 atom stereocenters. The number of esters is 1. The summed E-state index contributed by atoms with van der Waals surface area (Å²) in [5.74, 6) is -0.449. The molecule has 0 spiro atoms. The summed E-state index contributed by atoms with van der Waals surface area (Å²) in [5, 5.41) is 2.88. The molecular weight excluding hydrogens is 306 g/mol. The van der Waals surface area contributed by atoms with Gasteiger partial charge in [0.15, 0.2) is 0 Å². The summed E-state index contributed by atoms with van der Waals surface area (Å²) in [4.78, 5) is 28.3. The molecule has 128 valence electrons. The van der Waals surface area contributed by atoms with E-state index in [9.17, 15) is 9.59 Å². The van der Waals surface area contributed by atoms with Crippen molar-refractivity contribution in [1.82, 2.24) is 14.9 Å². The van der Waals surface area contributed by atoms with Crippen LogP contribution < -0.4 is 5.32 Å². The highest BCUT2D eigenvalue weighted by Crippen LogP contribution is 2.16. The number of ether oxygens (including phenoxy) is 1. The average Bonchev–Trinajstić information content (AvgIpc) is 2.84. The molecule has 24 heavy (non-hydrogen) atoms. The van der Waals surface area contributed by atoms with Crippen molar-refractivity contribution in [2.24, 2.45) is 0 Å². The van der Waals surface area contributed by atoms with E-state index in [0.717, 1.165) is 17.1 Å². The first-order valence-electron chi connectivity index (χ1n) is 8.03. The van der Waals surface area contributed by atoms with Gasteiger partial charge in [-0.15, -0.1) is 0 Å². The molecule has 6 heteroatoms. The monoisotopic (exact) mass is 329 g/mol. The zero-order chi connectivity index (χ0) is 17.5. The smallest absolute Gasteiger partial charge is 0.339 e. The number of carbonyl (C=O) groups is 2. The molecule has 6 nitrogen and oxygen atoms in total. The van der Waals surface area contributed by atoms with Gasteiger partial charge in [0.2, 0.25) is 5.91 Å². The molecule has 0 aromatic carbocycles. The van der Waals surface area contributed by atoms with Crippen molar-refractivity contribution < 1.29 is 14.3 Å². The van der Waals surface area contributed by atoms with Crippen LogP contribution in [0.4, 0.5) is 0 Å². The van der Waals surface area contributed by atoms with Crippen LogP contribution in [0.3, 0.4) is 0 Å². The van der Waals surface area contributed by atoms with E-state index in [4.69, 9.17) is 4.74 Å². The van der Waals surface area contributed by atoms with E-state index in [0.29, 0.717) is 25.1 Å². The Bertz CT molecular complexity index is 708. The predicted octanol–water partition coefficient (Wildman–Crippen LogP) is 2.04. The highest BCUT2D eigenvalue weighted by atomic mass is 16.5. The average molecular weight is 329 g/mol. The second kappa shape index (κ2) is 8.29. The number of pyridine rings is 1. The molecule has 0 aliphatic carbocycles. The molecule has 2 rings (SSSR count). The number of rotatable bonds is 7. The second-order valence-electron chi connectivity index (χ2n) is 5.51. The van der Waals surface area contributed by atoms with Gasteiger partial charge in [-0.2, -0.15) is 0 Å². The van der Waals surface area contributed by atoms with Gasteiger partial charge >= 0.3 is 5.97 Å². The largest absolute Gasteiger partial charge is 0.462 e. The summed E-state index contributed by atoms with van der Waals surface area (Å²) in [6.07, 6.45) is 2.42. The van der Waals surface area contributed by atoms with Gasteiger partial charge < -0.3 is 14.6 Å². The van der Waals surface area contributed by atoms with E-state index in [-0.39, 0.29) is 18.4 Å². The zero-order valence-electron chi connectivity index (χ0n) is 14.3. The number of aromatic nitrogens is 2. The van der Waals surface area contributed by atoms with E-state index in [1.165, 1.54) is 0 Å². The minimum absolute atomic E-state index is 0.0943. The van der Waals surface area contributed by atoms with E-state index in [1.54, 1.807) is 19.2 Å². The lowest BCUT2D eigenvalue weighted by molar-refractivity contribution is -0.121. The van der Waals surface area contributed by atoms with Gasteiger partial charge in [0, 0.05) is 36.2 Å². The third-order valence-electron chi connectivity index (χ3n) is 3.80. The first-order chi connectivity index (χ1) is 11.5. The van der Waals surface area contributed by atoms with E-state index in [1.807, 2.05) is 36.6 Å². The second-order valence-corrected chi connectivity index (χ2v) is 5.51. The maximum absolute atomic E-state index is 12.1. The number of carbonyl (C=O) groups excluding carboxylic acids is 2. The molecule has 0 bridgehead atoms. The van der Waals surface area contributed by atoms with E-state index in [2.05, 4.69) is 10.3 Å². The third-order valence-corrected chi connectivity index (χ3v) is 3.80. The normalized spacial score (nSPS) is 10.5. The van der Waals surface area contributed by atoms with Crippen molar-refractivity contribution in [2.75, 3.05) is 13.2 Å². The van der Waals surface area contributed by atoms with Crippen LogP contribution in [0, 0.1) is 13.8 Å². The lowest BCUT2D eigenvalue weighted by atomic mass is 10.2.